The van der Waals surface area contributed by atoms with Crippen LogP contribution in [0.1, 0.15) is 49.3 Å². The van der Waals surface area contributed by atoms with Gasteiger partial charge in [-0.2, -0.15) is 0 Å². The minimum absolute atomic E-state index is 0.0820. The first-order chi connectivity index (χ1) is 15.5. The molecule has 1 amide bonds. The van der Waals surface area contributed by atoms with E-state index in [2.05, 4.69) is 9.88 Å². The second kappa shape index (κ2) is 8.64. The molecule has 3 aromatic rings. The molecule has 0 bridgehead atoms. The van der Waals surface area contributed by atoms with Crippen molar-refractivity contribution >= 4 is 40.6 Å². The molecule has 1 atom stereocenters. The highest BCUT2D eigenvalue weighted by Crippen LogP contribution is 2.34. The molecule has 6 nitrogen and oxygen atoms in total. The summed E-state index contributed by atoms with van der Waals surface area (Å²) >= 11 is 7.50. The van der Waals surface area contributed by atoms with E-state index >= 15 is 0 Å². The summed E-state index contributed by atoms with van der Waals surface area (Å²) in [6.45, 7) is 4.49. The van der Waals surface area contributed by atoms with E-state index in [0.717, 1.165) is 21.8 Å². The van der Waals surface area contributed by atoms with E-state index in [1.807, 2.05) is 53.6 Å². The summed E-state index contributed by atoms with van der Waals surface area (Å²) in [5.41, 5.74) is 3.33. The monoisotopic (exact) mass is 466 g/mol. The van der Waals surface area contributed by atoms with Gasteiger partial charge in [0.2, 0.25) is 5.95 Å². The van der Waals surface area contributed by atoms with E-state index in [-0.39, 0.29) is 17.6 Å². The van der Waals surface area contributed by atoms with E-state index < -0.39 is 0 Å². The van der Waals surface area contributed by atoms with Gasteiger partial charge in [-0.3, -0.25) is 9.59 Å². The molecule has 1 aliphatic heterocycles. The van der Waals surface area contributed by atoms with Gasteiger partial charge in [0.05, 0.1) is 21.8 Å². The molecule has 5 rings (SSSR count). The van der Waals surface area contributed by atoms with E-state index in [1.165, 1.54) is 11.3 Å². The number of benzene rings is 1. The molecule has 8 heteroatoms. The van der Waals surface area contributed by atoms with Gasteiger partial charge in [-0.15, -0.1) is 11.3 Å². The second-order valence-corrected chi connectivity index (χ2v) is 9.65. The normalized spacial score (nSPS) is 18.6. The summed E-state index contributed by atoms with van der Waals surface area (Å²) in [6, 6.07) is 11.5. The maximum absolute atomic E-state index is 12.9. The van der Waals surface area contributed by atoms with Gasteiger partial charge in [-0.25, -0.2) is 9.97 Å². The van der Waals surface area contributed by atoms with Crippen LogP contribution < -0.4 is 4.90 Å². The minimum atomic E-state index is 0.0820. The summed E-state index contributed by atoms with van der Waals surface area (Å²) in [7, 11) is 0. The van der Waals surface area contributed by atoms with Crippen LogP contribution in [0, 0.1) is 6.92 Å². The van der Waals surface area contributed by atoms with Crippen molar-refractivity contribution in [2.24, 2.45) is 0 Å². The third-order valence-corrected chi connectivity index (χ3v) is 7.34. The van der Waals surface area contributed by atoms with Crippen molar-refractivity contribution in [2.75, 3.05) is 31.1 Å². The Balaban J connectivity index is 1.34. The third kappa shape index (κ3) is 4.02. The van der Waals surface area contributed by atoms with Crippen molar-refractivity contribution in [1.29, 1.82) is 0 Å². The number of thiophene rings is 1. The summed E-state index contributed by atoms with van der Waals surface area (Å²) in [6.07, 6.45) is 1.16. The fraction of sp³-hybridized carbons (Fsp3) is 0.333. The first-order valence-electron chi connectivity index (χ1n) is 10.7. The molecule has 1 unspecified atom stereocenters. The molecule has 3 heterocycles. The Bertz CT molecular complexity index is 1160. The molecular weight excluding hydrogens is 444 g/mol. The van der Waals surface area contributed by atoms with Gasteiger partial charge in [0.15, 0.2) is 5.78 Å². The Hall–Kier alpha value is -2.77. The predicted molar refractivity (Wildman–Crippen MR) is 126 cm³/mol. The maximum atomic E-state index is 12.9. The van der Waals surface area contributed by atoms with Crippen LogP contribution >= 0.6 is 22.9 Å². The van der Waals surface area contributed by atoms with E-state index in [0.29, 0.717) is 55.6 Å². The summed E-state index contributed by atoms with van der Waals surface area (Å²) < 4.78 is 0. The van der Waals surface area contributed by atoms with Gasteiger partial charge >= 0.3 is 0 Å². The van der Waals surface area contributed by atoms with E-state index in [4.69, 9.17) is 16.6 Å². The number of amides is 1. The van der Waals surface area contributed by atoms with Crippen molar-refractivity contribution in [1.82, 2.24) is 14.9 Å². The number of ketones is 1. The number of piperazine rings is 1. The SMILES string of the molecule is Cc1nc(N2CCN(C(=O)c3cccs3)CC2)nc2c1C(=O)CC(c1ccc(Cl)cc1)C2. The van der Waals surface area contributed by atoms with Crippen molar-refractivity contribution in [2.45, 2.75) is 25.7 Å². The lowest BCUT2D eigenvalue weighted by Crippen LogP contribution is -2.49. The van der Waals surface area contributed by atoms with Gasteiger partial charge in [0.1, 0.15) is 0 Å². The van der Waals surface area contributed by atoms with Gasteiger partial charge in [-0.05, 0) is 48.4 Å². The van der Waals surface area contributed by atoms with Crippen LogP contribution in [-0.4, -0.2) is 52.7 Å². The number of aryl methyl sites for hydroxylation is 1. The number of halogens is 1. The Kier molecular flexibility index (Phi) is 5.69. The number of aromatic nitrogens is 2. The number of nitrogens with zero attached hydrogens (tertiary/aromatic N) is 4. The Morgan fingerprint density at radius 1 is 1.06 bits per heavy atom. The van der Waals surface area contributed by atoms with Crippen LogP contribution in [0.5, 0.6) is 0 Å². The summed E-state index contributed by atoms with van der Waals surface area (Å²) in [5, 5.41) is 2.61. The molecule has 1 aliphatic carbocycles. The first kappa shape index (κ1) is 21.1. The lowest BCUT2D eigenvalue weighted by atomic mass is 9.81. The quantitative estimate of drug-likeness (QED) is 0.573. The zero-order valence-corrected chi connectivity index (χ0v) is 19.3. The van der Waals surface area contributed by atoms with Gasteiger partial charge in [-0.1, -0.05) is 29.8 Å². The minimum Gasteiger partial charge on any atom is -0.337 e. The van der Waals surface area contributed by atoms with Crippen LogP contribution in [0.3, 0.4) is 0 Å². The number of carbonyl (C=O) groups is 2. The lowest BCUT2D eigenvalue weighted by molar-refractivity contribution is 0.0750. The molecule has 0 N–H and O–H groups in total. The molecule has 2 aliphatic rings. The van der Waals surface area contributed by atoms with Crippen LogP contribution in [-0.2, 0) is 6.42 Å². The molecule has 2 aromatic heterocycles. The number of hydrogen-bond donors (Lipinski definition) is 0. The Labute approximate surface area is 195 Å². The molecular formula is C24H23ClN4O2S. The maximum Gasteiger partial charge on any atom is 0.264 e. The van der Waals surface area contributed by atoms with Crippen molar-refractivity contribution < 1.29 is 9.59 Å². The van der Waals surface area contributed by atoms with Crippen LogP contribution in [0.15, 0.2) is 41.8 Å². The lowest BCUT2D eigenvalue weighted by Gasteiger charge is -2.35. The second-order valence-electron chi connectivity index (χ2n) is 8.27. The third-order valence-electron chi connectivity index (χ3n) is 6.23. The average Bonchev–Trinajstić information content (AvgIpc) is 3.33. The smallest absolute Gasteiger partial charge is 0.264 e. The Morgan fingerprint density at radius 2 is 1.81 bits per heavy atom. The van der Waals surface area contributed by atoms with Crippen molar-refractivity contribution in [3.8, 4) is 0 Å². The number of carbonyl (C=O) groups excluding carboxylic acids is 2. The summed E-state index contributed by atoms with van der Waals surface area (Å²) in [4.78, 5) is 39.8. The Morgan fingerprint density at radius 3 is 2.50 bits per heavy atom. The van der Waals surface area contributed by atoms with Crippen LogP contribution in [0.25, 0.3) is 0 Å². The molecule has 1 saturated heterocycles. The highest BCUT2D eigenvalue weighted by atomic mass is 35.5. The molecule has 164 valence electrons. The van der Waals surface area contributed by atoms with E-state index in [1.54, 1.807) is 0 Å². The fourth-order valence-corrected chi connectivity index (χ4v) is 5.35. The van der Waals surface area contributed by atoms with Crippen LogP contribution in [0.2, 0.25) is 5.02 Å². The van der Waals surface area contributed by atoms with Crippen molar-refractivity contribution in [3.63, 3.8) is 0 Å². The highest BCUT2D eigenvalue weighted by Gasteiger charge is 2.31. The zero-order chi connectivity index (χ0) is 22.2. The zero-order valence-electron chi connectivity index (χ0n) is 17.8. The number of rotatable bonds is 3. The number of anilines is 1. The predicted octanol–water partition coefficient (Wildman–Crippen LogP) is 4.38. The fourth-order valence-electron chi connectivity index (χ4n) is 4.54. The van der Waals surface area contributed by atoms with Gasteiger partial charge in [0.25, 0.3) is 5.91 Å². The molecule has 1 aromatic carbocycles. The topological polar surface area (TPSA) is 66.4 Å². The largest absolute Gasteiger partial charge is 0.337 e. The molecule has 0 saturated carbocycles. The molecule has 0 radical (unpaired) electrons. The first-order valence-corrected chi connectivity index (χ1v) is 12.0. The highest BCUT2D eigenvalue weighted by molar-refractivity contribution is 7.12. The van der Waals surface area contributed by atoms with E-state index in [9.17, 15) is 9.59 Å². The summed E-state index contributed by atoms with van der Waals surface area (Å²) in [5.74, 6) is 0.920. The molecule has 0 spiro atoms. The van der Waals surface area contributed by atoms with Crippen molar-refractivity contribution in [3.05, 3.63) is 74.2 Å². The molecule has 1 fully saturated rings. The number of fused-ring (bicyclic) bond motifs is 1. The molecule has 32 heavy (non-hydrogen) atoms. The van der Waals surface area contributed by atoms with Gasteiger partial charge < -0.3 is 9.80 Å². The average molecular weight is 467 g/mol. The number of hydrogen-bond acceptors (Lipinski definition) is 6. The van der Waals surface area contributed by atoms with Gasteiger partial charge in [0, 0.05) is 37.6 Å². The standard InChI is InChI=1S/C24H23ClN4O2S/c1-15-22-19(13-17(14-20(22)30)16-4-6-18(25)7-5-16)27-24(26-15)29-10-8-28(9-11-29)23(31)21-3-2-12-32-21/h2-7,12,17H,8-11,13-14H2,1H3. The van der Waals surface area contributed by atoms with Crippen LogP contribution in [0.4, 0.5) is 5.95 Å². The number of Topliss-reactive ketones (excluding diaryl/α,β-unsaturated/α-hetero) is 1.